The Kier molecular flexibility index (Phi) is 4.53. The Bertz CT molecular complexity index is 614. The first kappa shape index (κ1) is 14.3. The summed E-state index contributed by atoms with van der Waals surface area (Å²) in [6, 6.07) is 11.8. The number of halogens is 1. The van der Waals surface area contributed by atoms with Crippen LogP contribution in [0.3, 0.4) is 0 Å². The first-order chi connectivity index (χ1) is 9.60. The second kappa shape index (κ2) is 6.34. The minimum absolute atomic E-state index is 0.251. The first-order valence-corrected chi connectivity index (χ1v) is 6.47. The van der Waals surface area contributed by atoms with Gasteiger partial charge in [-0.05, 0) is 29.8 Å². The normalized spacial score (nSPS) is 10.1. The average molecular weight is 290 g/mol. The molecule has 0 saturated heterocycles. The summed E-state index contributed by atoms with van der Waals surface area (Å²) in [5.41, 5.74) is 8.20. The number of anilines is 1. The maximum absolute atomic E-state index is 12.8. The van der Waals surface area contributed by atoms with Gasteiger partial charge in [-0.2, -0.15) is 0 Å². The fourth-order valence-corrected chi connectivity index (χ4v) is 1.99. The summed E-state index contributed by atoms with van der Waals surface area (Å²) in [7, 11) is 1.60. The minimum atomic E-state index is -0.251. The van der Waals surface area contributed by atoms with Gasteiger partial charge in [0.25, 0.3) is 0 Å². The van der Waals surface area contributed by atoms with Gasteiger partial charge in [-0.3, -0.25) is 0 Å². The molecule has 0 unspecified atom stereocenters. The molecule has 20 heavy (non-hydrogen) atoms. The van der Waals surface area contributed by atoms with E-state index in [4.69, 9.17) is 22.7 Å². The van der Waals surface area contributed by atoms with Crippen molar-refractivity contribution in [1.82, 2.24) is 0 Å². The van der Waals surface area contributed by atoms with Crippen molar-refractivity contribution in [2.24, 2.45) is 5.73 Å². The summed E-state index contributed by atoms with van der Waals surface area (Å²) >= 11 is 5.02. The van der Waals surface area contributed by atoms with Crippen LogP contribution in [0.5, 0.6) is 5.75 Å². The zero-order valence-corrected chi connectivity index (χ0v) is 11.8. The predicted octanol–water partition coefficient (Wildman–Crippen LogP) is 3.08. The van der Waals surface area contributed by atoms with Crippen LogP contribution in [0.4, 0.5) is 10.1 Å². The van der Waals surface area contributed by atoms with Crippen LogP contribution in [0.2, 0.25) is 0 Å². The van der Waals surface area contributed by atoms with Crippen LogP contribution >= 0.6 is 12.2 Å². The largest absolute Gasteiger partial charge is 0.497 e. The number of methoxy groups -OCH3 is 1. The van der Waals surface area contributed by atoms with Crippen LogP contribution in [-0.4, -0.2) is 12.1 Å². The van der Waals surface area contributed by atoms with E-state index in [1.165, 1.54) is 12.1 Å². The molecule has 0 spiro atoms. The molecule has 104 valence electrons. The molecule has 2 aromatic rings. The summed E-state index contributed by atoms with van der Waals surface area (Å²) in [5, 5.41) is 3.24. The number of nitrogens with one attached hydrogen (secondary N) is 1. The second-order valence-corrected chi connectivity index (χ2v) is 4.70. The van der Waals surface area contributed by atoms with Crippen LogP contribution in [0.1, 0.15) is 11.1 Å². The van der Waals surface area contributed by atoms with Crippen LogP contribution in [0.15, 0.2) is 42.5 Å². The van der Waals surface area contributed by atoms with Gasteiger partial charge in [-0.1, -0.05) is 24.4 Å². The Morgan fingerprint density at radius 2 is 1.95 bits per heavy atom. The fraction of sp³-hybridized carbons (Fsp3) is 0.133. The van der Waals surface area contributed by atoms with E-state index in [1.807, 2.05) is 12.1 Å². The molecule has 0 saturated carbocycles. The van der Waals surface area contributed by atoms with Gasteiger partial charge in [0, 0.05) is 23.9 Å². The number of rotatable bonds is 5. The smallest absolute Gasteiger partial charge is 0.123 e. The summed E-state index contributed by atoms with van der Waals surface area (Å²) < 4.78 is 18.0. The summed E-state index contributed by atoms with van der Waals surface area (Å²) in [4.78, 5) is 0.314. The SMILES string of the molecule is COc1ccc(C(N)=S)c(NCc2ccc(F)cc2)c1. The Balaban J connectivity index is 2.18. The molecule has 0 aliphatic carbocycles. The molecular weight excluding hydrogens is 275 g/mol. The third kappa shape index (κ3) is 3.45. The van der Waals surface area contributed by atoms with Gasteiger partial charge in [0.2, 0.25) is 0 Å². The van der Waals surface area contributed by atoms with Crippen molar-refractivity contribution < 1.29 is 9.13 Å². The van der Waals surface area contributed by atoms with Crippen molar-refractivity contribution in [2.45, 2.75) is 6.54 Å². The van der Waals surface area contributed by atoms with Gasteiger partial charge in [-0.15, -0.1) is 0 Å². The minimum Gasteiger partial charge on any atom is -0.497 e. The maximum atomic E-state index is 12.8. The Hall–Kier alpha value is -2.14. The average Bonchev–Trinajstić information content (AvgIpc) is 2.46. The third-order valence-electron chi connectivity index (χ3n) is 2.89. The zero-order chi connectivity index (χ0) is 14.5. The zero-order valence-electron chi connectivity index (χ0n) is 11.0. The molecule has 0 atom stereocenters. The van der Waals surface area contributed by atoms with Crippen molar-refractivity contribution in [3.05, 3.63) is 59.4 Å². The van der Waals surface area contributed by atoms with Crippen molar-refractivity contribution in [1.29, 1.82) is 0 Å². The molecular formula is C15H15FN2OS. The number of benzene rings is 2. The standard InChI is InChI=1S/C15H15FN2OS/c1-19-12-6-7-13(15(17)20)14(8-12)18-9-10-2-4-11(16)5-3-10/h2-8,18H,9H2,1H3,(H2,17,20). The quantitative estimate of drug-likeness (QED) is 0.831. The molecule has 3 N–H and O–H groups in total. The molecule has 2 rings (SSSR count). The maximum Gasteiger partial charge on any atom is 0.123 e. The lowest BCUT2D eigenvalue weighted by Gasteiger charge is -2.13. The van der Waals surface area contributed by atoms with E-state index in [2.05, 4.69) is 5.32 Å². The third-order valence-corrected chi connectivity index (χ3v) is 3.11. The van der Waals surface area contributed by atoms with E-state index >= 15 is 0 Å². The lowest BCUT2D eigenvalue weighted by molar-refractivity contribution is 0.415. The van der Waals surface area contributed by atoms with Gasteiger partial charge >= 0.3 is 0 Å². The molecule has 0 aromatic heterocycles. The van der Waals surface area contributed by atoms with Crippen LogP contribution in [0, 0.1) is 5.82 Å². The molecule has 0 radical (unpaired) electrons. The van der Waals surface area contributed by atoms with E-state index in [0.29, 0.717) is 17.3 Å². The highest BCUT2D eigenvalue weighted by Gasteiger charge is 2.07. The molecule has 0 fully saturated rings. The highest BCUT2D eigenvalue weighted by atomic mass is 32.1. The van der Waals surface area contributed by atoms with E-state index < -0.39 is 0 Å². The summed E-state index contributed by atoms with van der Waals surface area (Å²) in [6.07, 6.45) is 0. The van der Waals surface area contributed by atoms with Crippen LogP contribution in [0.25, 0.3) is 0 Å². The molecule has 0 aliphatic rings. The first-order valence-electron chi connectivity index (χ1n) is 6.06. The van der Waals surface area contributed by atoms with Gasteiger partial charge in [-0.25, -0.2) is 4.39 Å². The van der Waals surface area contributed by atoms with Crippen molar-refractivity contribution in [3.8, 4) is 5.75 Å². The van der Waals surface area contributed by atoms with Crippen molar-refractivity contribution in [2.75, 3.05) is 12.4 Å². The topological polar surface area (TPSA) is 47.3 Å². The number of thiocarbonyl (C=S) groups is 1. The van der Waals surface area contributed by atoms with Crippen molar-refractivity contribution >= 4 is 22.9 Å². The van der Waals surface area contributed by atoms with Crippen LogP contribution < -0.4 is 15.8 Å². The highest BCUT2D eigenvalue weighted by Crippen LogP contribution is 2.23. The molecule has 2 aromatic carbocycles. The Morgan fingerprint density at radius 1 is 1.25 bits per heavy atom. The number of hydrogen-bond donors (Lipinski definition) is 2. The van der Waals surface area contributed by atoms with E-state index in [-0.39, 0.29) is 5.82 Å². The second-order valence-electron chi connectivity index (χ2n) is 4.26. The lowest BCUT2D eigenvalue weighted by Crippen LogP contribution is -2.13. The summed E-state index contributed by atoms with van der Waals surface area (Å²) in [5.74, 6) is 0.463. The molecule has 0 amide bonds. The molecule has 0 bridgehead atoms. The predicted molar refractivity (Wildman–Crippen MR) is 82.6 cm³/mol. The summed E-state index contributed by atoms with van der Waals surface area (Å²) in [6.45, 7) is 0.545. The van der Waals surface area contributed by atoms with E-state index in [9.17, 15) is 4.39 Å². The van der Waals surface area contributed by atoms with Gasteiger partial charge in [0.1, 0.15) is 16.6 Å². The number of hydrogen-bond acceptors (Lipinski definition) is 3. The van der Waals surface area contributed by atoms with E-state index in [0.717, 1.165) is 16.8 Å². The Morgan fingerprint density at radius 3 is 2.55 bits per heavy atom. The monoisotopic (exact) mass is 290 g/mol. The lowest BCUT2D eigenvalue weighted by atomic mass is 10.1. The Labute approximate surface area is 122 Å². The fourth-order valence-electron chi connectivity index (χ4n) is 1.81. The van der Waals surface area contributed by atoms with E-state index in [1.54, 1.807) is 25.3 Å². The molecule has 0 heterocycles. The molecule has 3 nitrogen and oxygen atoms in total. The highest BCUT2D eigenvalue weighted by molar-refractivity contribution is 7.80. The van der Waals surface area contributed by atoms with Gasteiger partial charge in [0.05, 0.1) is 7.11 Å². The number of ether oxygens (including phenoxy) is 1. The number of nitrogens with two attached hydrogens (primary N) is 1. The van der Waals surface area contributed by atoms with Crippen molar-refractivity contribution in [3.63, 3.8) is 0 Å². The van der Waals surface area contributed by atoms with Gasteiger partial charge < -0.3 is 15.8 Å². The van der Waals surface area contributed by atoms with Crippen LogP contribution in [-0.2, 0) is 6.54 Å². The molecule has 0 aliphatic heterocycles. The molecule has 5 heteroatoms. The van der Waals surface area contributed by atoms with Gasteiger partial charge in [0.15, 0.2) is 0 Å².